The molecule has 3 rings (SSSR count). The molecule has 2 aliphatic rings. The summed E-state index contributed by atoms with van der Waals surface area (Å²) in [5.74, 6) is 1.51. The minimum absolute atomic E-state index is 0.163. The van der Waals surface area contributed by atoms with Crippen LogP contribution in [0, 0.1) is 0 Å². The lowest BCUT2D eigenvalue weighted by Crippen LogP contribution is -2.47. The smallest absolute Gasteiger partial charge is 0.191 e. The molecule has 2 fully saturated rings. The van der Waals surface area contributed by atoms with Gasteiger partial charge < -0.3 is 25.2 Å². The summed E-state index contributed by atoms with van der Waals surface area (Å²) < 4.78 is 11.0. The van der Waals surface area contributed by atoms with Gasteiger partial charge in [-0.25, -0.2) is 0 Å². The van der Waals surface area contributed by atoms with E-state index in [1.54, 1.807) is 13.2 Å². The van der Waals surface area contributed by atoms with Crippen LogP contribution in [0.4, 0.5) is 0 Å². The Bertz CT molecular complexity index is 591. The van der Waals surface area contributed by atoms with E-state index in [2.05, 4.69) is 22.5 Å². The van der Waals surface area contributed by atoms with Crippen molar-refractivity contribution >= 4 is 5.96 Å². The lowest BCUT2D eigenvalue weighted by Gasteiger charge is -2.22. The third-order valence-corrected chi connectivity index (χ3v) is 4.69. The van der Waals surface area contributed by atoms with Crippen LogP contribution in [0.25, 0.3) is 0 Å². The van der Waals surface area contributed by atoms with Crippen molar-refractivity contribution in [1.29, 1.82) is 0 Å². The Balaban J connectivity index is 1.55. The minimum Gasteiger partial charge on any atom is -0.504 e. The van der Waals surface area contributed by atoms with Crippen molar-refractivity contribution in [2.45, 2.75) is 50.9 Å². The van der Waals surface area contributed by atoms with Gasteiger partial charge in [0.1, 0.15) is 0 Å². The number of nitrogens with zero attached hydrogens (tertiary/aromatic N) is 1. The van der Waals surface area contributed by atoms with E-state index in [-0.39, 0.29) is 5.75 Å². The molecule has 0 radical (unpaired) electrons. The topological polar surface area (TPSA) is 75.1 Å². The van der Waals surface area contributed by atoms with Gasteiger partial charge in [-0.05, 0) is 50.3 Å². The highest BCUT2D eigenvalue weighted by Gasteiger charge is 2.41. The van der Waals surface area contributed by atoms with Crippen LogP contribution in [-0.4, -0.2) is 49.5 Å². The number of phenolic OH excluding ortho intramolecular Hbond substituents is 1. The quantitative estimate of drug-likeness (QED) is 0.547. The summed E-state index contributed by atoms with van der Waals surface area (Å²) >= 11 is 0. The second-order valence-corrected chi connectivity index (χ2v) is 6.38. The molecule has 3 atom stereocenters. The van der Waals surface area contributed by atoms with E-state index in [0.29, 0.717) is 30.5 Å². The number of hydrogen-bond acceptors (Lipinski definition) is 4. The van der Waals surface area contributed by atoms with E-state index in [0.717, 1.165) is 37.3 Å². The zero-order valence-corrected chi connectivity index (χ0v) is 14.4. The number of fused-ring (bicyclic) bond motifs is 2. The van der Waals surface area contributed by atoms with E-state index < -0.39 is 0 Å². The zero-order valence-electron chi connectivity index (χ0n) is 14.4. The van der Waals surface area contributed by atoms with Crippen molar-refractivity contribution in [3.63, 3.8) is 0 Å². The van der Waals surface area contributed by atoms with Crippen LogP contribution in [0.5, 0.6) is 11.5 Å². The molecule has 0 spiro atoms. The van der Waals surface area contributed by atoms with E-state index in [9.17, 15) is 5.11 Å². The van der Waals surface area contributed by atoms with Crippen LogP contribution in [0.15, 0.2) is 23.2 Å². The van der Waals surface area contributed by atoms with Gasteiger partial charge in [-0.2, -0.15) is 0 Å². The summed E-state index contributed by atoms with van der Waals surface area (Å²) in [6, 6.07) is 5.79. The largest absolute Gasteiger partial charge is 0.504 e. The fourth-order valence-corrected chi connectivity index (χ4v) is 3.46. The maximum absolute atomic E-state index is 9.65. The number of ether oxygens (including phenoxy) is 2. The third-order valence-electron chi connectivity index (χ3n) is 4.69. The van der Waals surface area contributed by atoms with Crippen molar-refractivity contribution in [3.8, 4) is 11.5 Å². The third kappa shape index (κ3) is 3.93. The molecule has 0 saturated carbocycles. The van der Waals surface area contributed by atoms with Gasteiger partial charge in [0.15, 0.2) is 17.5 Å². The first kappa shape index (κ1) is 16.9. The van der Waals surface area contributed by atoms with Gasteiger partial charge in [-0.15, -0.1) is 0 Å². The molecule has 1 aromatic rings. The van der Waals surface area contributed by atoms with Crippen molar-refractivity contribution in [1.82, 2.24) is 10.6 Å². The standard InChI is InChI=1S/C18H27N3O3/c1-3-19-18(21-14-11-13-5-7-16(14)24-13)20-9-8-12-4-6-15(22)17(10-12)23-2/h4,6,10,13-14,16,22H,3,5,7-9,11H2,1-2H3,(H2,19,20,21). The maximum Gasteiger partial charge on any atom is 0.191 e. The molecule has 2 bridgehead atoms. The molecule has 6 heteroatoms. The predicted octanol–water partition coefficient (Wildman–Crippen LogP) is 1.82. The summed E-state index contributed by atoms with van der Waals surface area (Å²) in [7, 11) is 1.56. The molecule has 2 saturated heterocycles. The summed E-state index contributed by atoms with van der Waals surface area (Å²) in [5, 5.41) is 16.5. The van der Waals surface area contributed by atoms with E-state index >= 15 is 0 Å². The highest BCUT2D eigenvalue weighted by Crippen LogP contribution is 2.34. The molecule has 0 amide bonds. The van der Waals surface area contributed by atoms with Gasteiger partial charge in [0.2, 0.25) is 0 Å². The lowest BCUT2D eigenvalue weighted by atomic mass is 9.96. The Morgan fingerprint density at radius 3 is 2.96 bits per heavy atom. The van der Waals surface area contributed by atoms with E-state index in [1.165, 1.54) is 6.42 Å². The maximum atomic E-state index is 9.65. The number of phenols is 1. The lowest BCUT2D eigenvalue weighted by molar-refractivity contribution is 0.0992. The predicted molar refractivity (Wildman–Crippen MR) is 93.8 cm³/mol. The van der Waals surface area contributed by atoms with Gasteiger partial charge in [0.25, 0.3) is 0 Å². The number of methoxy groups -OCH3 is 1. The molecule has 2 aliphatic heterocycles. The first-order valence-electron chi connectivity index (χ1n) is 8.75. The van der Waals surface area contributed by atoms with Crippen LogP contribution in [0.3, 0.4) is 0 Å². The van der Waals surface area contributed by atoms with Crippen molar-refractivity contribution in [3.05, 3.63) is 23.8 Å². The summed E-state index contributed by atoms with van der Waals surface area (Å²) in [6.45, 7) is 3.57. The first-order chi connectivity index (χ1) is 11.7. The summed E-state index contributed by atoms with van der Waals surface area (Å²) in [4.78, 5) is 4.67. The van der Waals surface area contributed by atoms with Gasteiger partial charge in [0.05, 0.1) is 25.4 Å². The highest BCUT2D eigenvalue weighted by molar-refractivity contribution is 5.80. The average Bonchev–Trinajstić information content (AvgIpc) is 3.19. The molecule has 6 nitrogen and oxygen atoms in total. The number of rotatable bonds is 6. The monoisotopic (exact) mass is 333 g/mol. The van der Waals surface area contributed by atoms with Crippen LogP contribution in [0.2, 0.25) is 0 Å². The Labute approximate surface area is 143 Å². The minimum atomic E-state index is 0.163. The fourth-order valence-electron chi connectivity index (χ4n) is 3.46. The zero-order chi connectivity index (χ0) is 16.9. The van der Waals surface area contributed by atoms with Crippen molar-refractivity contribution < 1.29 is 14.6 Å². The normalized spacial score (nSPS) is 25.8. The van der Waals surface area contributed by atoms with Crippen LogP contribution in [0.1, 0.15) is 31.7 Å². The van der Waals surface area contributed by atoms with Crippen LogP contribution >= 0.6 is 0 Å². The molecule has 2 heterocycles. The summed E-state index contributed by atoms with van der Waals surface area (Å²) in [6.07, 6.45) is 4.97. The Morgan fingerprint density at radius 2 is 2.29 bits per heavy atom. The molecular formula is C18H27N3O3. The Hall–Kier alpha value is -1.95. The highest BCUT2D eigenvalue weighted by atomic mass is 16.5. The van der Waals surface area contributed by atoms with Gasteiger partial charge in [-0.1, -0.05) is 6.07 Å². The Morgan fingerprint density at radius 1 is 1.42 bits per heavy atom. The number of nitrogens with one attached hydrogen (secondary N) is 2. The second kappa shape index (κ2) is 7.75. The number of guanidine groups is 1. The average molecular weight is 333 g/mol. The molecule has 0 aromatic heterocycles. The van der Waals surface area contributed by atoms with Gasteiger partial charge in [0, 0.05) is 13.1 Å². The Kier molecular flexibility index (Phi) is 5.45. The number of aromatic hydroxyl groups is 1. The van der Waals surface area contributed by atoms with Crippen LogP contribution in [-0.2, 0) is 11.2 Å². The van der Waals surface area contributed by atoms with E-state index in [4.69, 9.17) is 9.47 Å². The fraction of sp³-hybridized carbons (Fsp3) is 0.611. The van der Waals surface area contributed by atoms with Crippen molar-refractivity contribution in [2.24, 2.45) is 4.99 Å². The van der Waals surface area contributed by atoms with Gasteiger partial charge >= 0.3 is 0 Å². The summed E-state index contributed by atoms with van der Waals surface area (Å²) in [5.41, 5.74) is 1.09. The molecule has 3 N–H and O–H groups in total. The van der Waals surface area contributed by atoms with Crippen LogP contribution < -0.4 is 15.4 Å². The molecular weight excluding hydrogens is 306 g/mol. The SMILES string of the molecule is CCNC(=NCCc1ccc(O)c(OC)c1)NC1CC2CCC1O2. The first-order valence-corrected chi connectivity index (χ1v) is 8.75. The number of aliphatic imine (C=N–C) groups is 1. The van der Waals surface area contributed by atoms with E-state index in [1.807, 2.05) is 12.1 Å². The van der Waals surface area contributed by atoms with Crippen molar-refractivity contribution in [2.75, 3.05) is 20.2 Å². The second-order valence-electron chi connectivity index (χ2n) is 6.38. The number of hydrogen-bond donors (Lipinski definition) is 3. The number of benzene rings is 1. The molecule has 24 heavy (non-hydrogen) atoms. The molecule has 3 unspecified atom stereocenters. The molecule has 1 aromatic carbocycles. The molecule has 132 valence electrons. The van der Waals surface area contributed by atoms with Gasteiger partial charge in [-0.3, -0.25) is 4.99 Å². The molecule has 0 aliphatic carbocycles.